The second-order valence-corrected chi connectivity index (χ2v) is 6.02. The van der Waals surface area contributed by atoms with Crippen LogP contribution >= 0.6 is 11.6 Å². The lowest BCUT2D eigenvalue weighted by Gasteiger charge is -2.28. The second-order valence-electron chi connectivity index (χ2n) is 5.62. The Bertz CT molecular complexity index is 567. The Balaban J connectivity index is 2.07. The fraction of sp³-hybridized carbons (Fsp3) is 0.471. The van der Waals surface area contributed by atoms with E-state index in [0.29, 0.717) is 6.54 Å². The normalized spacial score (nSPS) is 21.3. The van der Waals surface area contributed by atoms with Crippen molar-refractivity contribution in [3.05, 3.63) is 47.3 Å². The van der Waals surface area contributed by atoms with Crippen LogP contribution in [0.15, 0.2) is 30.9 Å². The van der Waals surface area contributed by atoms with E-state index in [9.17, 15) is 9.18 Å². The van der Waals surface area contributed by atoms with Crippen LogP contribution in [0.3, 0.4) is 0 Å². The highest BCUT2D eigenvalue weighted by molar-refractivity contribution is 6.30. The third-order valence-corrected chi connectivity index (χ3v) is 4.47. The predicted molar refractivity (Wildman–Crippen MR) is 91.0 cm³/mol. The van der Waals surface area contributed by atoms with Crippen molar-refractivity contribution in [3.63, 3.8) is 0 Å². The van der Waals surface area contributed by atoms with Gasteiger partial charge in [-0.3, -0.25) is 9.69 Å². The quantitative estimate of drug-likeness (QED) is 0.750. The van der Waals surface area contributed by atoms with Crippen molar-refractivity contribution >= 4 is 17.5 Å². The lowest BCUT2D eigenvalue weighted by atomic mass is 10.00. The lowest BCUT2D eigenvalue weighted by molar-refractivity contribution is -0.120. The van der Waals surface area contributed by atoms with E-state index in [0.717, 1.165) is 25.1 Å². The molecule has 0 spiro atoms. The van der Waals surface area contributed by atoms with E-state index < -0.39 is 5.82 Å². The summed E-state index contributed by atoms with van der Waals surface area (Å²) in [6.45, 7) is 8.13. The maximum Gasteiger partial charge on any atom is 0.234 e. The standard InChI is InChI=1S/C17H23ClFN3O/c1-3-8-20-16(23)11-21-15-7-9-22(4-2)17(15)12-5-6-13(18)14(19)10-12/h3,5-6,10,15,17,21H,1,4,7-9,11H2,2H3,(H,20,23). The third-order valence-electron chi connectivity index (χ3n) is 4.16. The molecule has 1 heterocycles. The Labute approximate surface area is 141 Å². The van der Waals surface area contributed by atoms with Crippen LogP contribution in [0.25, 0.3) is 0 Å². The summed E-state index contributed by atoms with van der Waals surface area (Å²) in [6.07, 6.45) is 2.56. The molecule has 0 radical (unpaired) electrons. The maximum atomic E-state index is 13.8. The van der Waals surface area contributed by atoms with Gasteiger partial charge in [-0.25, -0.2) is 4.39 Å². The predicted octanol–water partition coefficient (Wildman–Crippen LogP) is 2.51. The number of hydrogen-bond acceptors (Lipinski definition) is 3. The number of benzene rings is 1. The van der Waals surface area contributed by atoms with Crippen LogP contribution in [0.2, 0.25) is 5.02 Å². The minimum atomic E-state index is -0.408. The molecule has 0 aromatic heterocycles. The monoisotopic (exact) mass is 339 g/mol. The smallest absolute Gasteiger partial charge is 0.234 e. The van der Waals surface area contributed by atoms with Gasteiger partial charge in [-0.15, -0.1) is 6.58 Å². The average molecular weight is 340 g/mol. The minimum Gasteiger partial charge on any atom is -0.352 e. The number of amides is 1. The summed E-state index contributed by atoms with van der Waals surface area (Å²) in [5.41, 5.74) is 0.884. The molecule has 2 rings (SSSR count). The summed E-state index contributed by atoms with van der Waals surface area (Å²) in [5, 5.41) is 6.16. The van der Waals surface area contributed by atoms with Crippen molar-refractivity contribution in [2.24, 2.45) is 0 Å². The first-order valence-corrected chi connectivity index (χ1v) is 8.24. The zero-order valence-corrected chi connectivity index (χ0v) is 14.1. The SMILES string of the molecule is C=CCNC(=O)CNC1CCN(CC)C1c1ccc(Cl)c(F)c1. The van der Waals surface area contributed by atoms with E-state index >= 15 is 0 Å². The first-order valence-electron chi connectivity index (χ1n) is 7.86. The van der Waals surface area contributed by atoms with Gasteiger partial charge in [0, 0.05) is 19.1 Å². The summed E-state index contributed by atoms with van der Waals surface area (Å²) in [5.74, 6) is -0.476. The lowest BCUT2D eigenvalue weighted by Crippen LogP contribution is -2.42. The molecule has 1 fully saturated rings. The number of carbonyl (C=O) groups excluding carboxylic acids is 1. The summed E-state index contributed by atoms with van der Waals surface area (Å²) >= 11 is 5.78. The summed E-state index contributed by atoms with van der Waals surface area (Å²) in [4.78, 5) is 14.0. The Hall–Kier alpha value is -1.43. The zero-order chi connectivity index (χ0) is 16.8. The van der Waals surface area contributed by atoms with Crippen LogP contribution in [0.4, 0.5) is 4.39 Å². The van der Waals surface area contributed by atoms with Crippen LogP contribution in [-0.2, 0) is 4.79 Å². The number of nitrogens with one attached hydrogen (secondary N) is 2. The highest BCUT2D eigenvalue weighted by Crippen LogP contribution is 2.33. The molecule has 1 aromatic carbocycles. The van der Waals surface area contributed by atoms with Crippen LogP contribution in [0.1, 0.15) is 24.9 Å². The van der Waals surface area contributed by atoms with E-state index in [1.165, 1.54) is 6.07 Å². The molecule has 0 saturated carbocycles. The molecule has 0 bridgehead atoms. The van der Waals surface area contributed by atoms with Gasteiger partial charge in [0.15, 0.2) is 0 Å². The average Bonchev–Trinajstić information content (AvgIpc) is 2.96. The van der Waals surface area contributed by atoms with E-state index in [1.54, 1.807) is 12.1 Å². The molecule has 1 aromatic rings. The van der Waals surface area contributed by atoms with Crippen LogP contribution < -0.4 is 10.6 Å². The van der Waals surface area contributed by atoms with Crippen LogP contribution in [0, 0.1) is 5.82 Å². The Kier molecular flexibility index (Phi) is 6.57. The first kappa shape index (κ1) is 17.9. The van der Waals surface area contributed by atoms with Crippen molar-refractivity contribution in [3.8, 4) is 0 Å². The van der Waals surface area contributed by atoms with Gasteiger partial charge in [-0.1, -0.05) is 30.7 Å². The van der Waals surface area contributed by atoms with Crippen molar-refractivity contribution in [1.29, 1.82) is 0 Å². The van der Waals surface area contributed by atoms with Crippen LogP contribution in [-0.4, -0.2) is 43.0 Å². The fourth-order valence-electron chi connectivity index (χ4n) is 3.04. The van der Waals surface area contributed by atoms with Gasteiger partial charge in [0.25, 0.3) is 0 Å². The van der Waals surface area contributed by atoms with E-state index in [1.807, 2.05) is 6.07 Å². The van der Waals surface area contributed by atoms with Crippen molar-refractivity contribution in [2.75, 3.05) is 26.2 Å². The molecule has 4 nitrogen and oxygen atoms in total. The second kappa shape index (κ2) is 8.43. The summed E-state index contributed by atoms with van der Waals surface area (Å²) in [6, 6.07) is 5.08. The van der Waals surface area contributed by atoms with Gasteiger partial charge in [0.05, 0.1) is 17.6 Å². The molecule has 1 amide bonds. The number of halogens is 2. The first-order chi connectivity index (χ1) is 11.1. The number of likely N-dealkylation sites (N-methyl/N-ethyl adjacent to an activating group) is 1. The van der Waals surface area contributed by atoms with Gasteiger partial charge >= 0.3 is 0 Å². The topological polar surface area (TPSA) is 44.4 Å². The van der Waals surface area contributed by atoms with Gasteiger partial charge in [-0.05, 0) is 30.7 Å². The maximum absolute atomic E-state index is 13.8. The number of rotatable bonds is 7. The van der Waals surface area contributed by atoms with Crippen molar-refractivity contribution in [1.82, 2.24) is 15.5 Å². The number of likely N-dealkylation sites (tertiary alicyclic amines) is 1. The number of carbonyl (C=O) groups is 1. The third kappa shape index (κ3) is 4.53. The van der Waals surface area contributed by atoms with Gasteiger partial charge in [0.2, 0.25) is 5.91 Å². The Morgan fingerprint density at radius 2 is 2.35 bits per heavy atom. The highest BCUT2D eigenvalue weighted by Gasteiger charge is 2.34. The molecule has 2 atom stereocenters. The fourth-order valence-corrected chi connectivity index (χ4v) is 3.15. The van der Waals surface area contributed by atoms with Crippen molar-refractivity contribution < 1.29 is 9.18 Å². The van der Waals surface area contributed by atoms with Gasteiger partial charge in [-0.2, -0.15) is 0 Å². The van der Waals surface area contributed by atoms with Gasteiger partial charge in [0.1, 0.15) is 5.82 Å². The number of hydrogen-bond donors (Lipinski definition) is 2. The van der Waals surface area contributed by atoms with Gasteiger partial charge < -0.3 is 10.6 Å². The Morgan fingerprint density at radius 1 is 1.57 bits per heavy atom. The summed E-state index contributed by atoms with van der Waals surface area (Å²) in [7, 11) is 0. The molecular weight excluding hydrogens is 317 g/mol. The zero-order valence-electron chi connectivity index (χ0n) is 13.3. The molecule has 6 heteroatoms. The molecule has 2 N–H and O–H groups in total. The van der Waals surface area contributed by atoms with E-state index in [4.69, 9.17) is 11.6 Å². The highest BCUT2D eigenvalue weighted by atomic mass is 35.5. The summed E-state index contributed by atoms with van der Waals surface area (Å²) < 4.78 is 13.8. The Morgan fingerprint density at radius 3 is 3.00 bits per heavy atom. The van der Waals surface area contributed by atoms with Crippen molar-refractivity contribution in [2.45, 2.75) is 25.4 Å². The van der Waals surface area contributed by atoms with Crippen LogP contribution in [0.5, 0.6) is 0 Å². The van der Waals surface area contributed by atoms with E-state index in [-0.39, 0.29) is 29.6 Å². The molecule has 0 aliphatic carbocycles. The van der Waals surface area contributed by atoms with E-state index in [2.05, 4.69) is 29.0 Å². The molecule has 23 heavy (non-hydrogen) atoms. The minimum absolute atomic E-state index is 0.0407. The molecule has 1 aliphatic rings. The number of nitrogens with zero attached hydrogens (tertiary/aromatic N) is 1. The molecule has 1 saturated heterocycles. The molecule has 126 valence electrons. The largest absolute Gasteiger partial charge is 0.352 e. The molecule has 2 unspecified atom stereocenters. The molecular formula is C17H23ClFN3O. The molecule has 1 aliphatic heterocycles.